The third kappa shape index (κ3) is 9.52. The monoisotopic (exact) mass is 513 g/mol. The molecular weight excluding hydrogens is 479 g/mol. The van der Waals surface area contributed by atoms with E-state index in [4.69, 9.17) is 9.90 Å². The van der Waals surface area contributed by atoms with Gasteiger partial charge >= 0.3 is 12.1 Å². The third-order valence-electron chi connectivity index (χ3n) is 5.57. The van der Waals surface area contributed by atoms with E-state index in [1.54, 1.807) is 0 Å². The number of likely N-dealkylation sites (tertiary alicyclic amines) is 1. The minimum absolute atomic E-state index is 0.0591. The average Bonchev–Trinajstić information content (AvgIpc) is 3.41. The van der Waals surface area contributed by atoms with Crippen LogP contribution >= 0.6 is 11.3 Å². The van der Waals surface area contributed by atoms with Crippen LogP contribution in [-0.4, -0.2) is 67.8 Å². The van der Waals surface area contributed by atoms with Gasteiger partial charge in [0.15, 0.2) is 0 Å². The van der Waals surface area contributed by atoms with Crippen molar-refractivity contribution in [1.29, 1.82) is 0 Å². The average molecular weight is 514 g/mol. The number of nitrogens with zero attached hydrogens (tertiary/aromatic N) is 2. The number of benzene rings is 1. The van der Waals surface area contributed by atoms with Gasteiger partial charge in [0, 0.05) is 38.9 Å². The Morgan fingerprint density at radius 3 is 2.26 bits per heavy atom. The molecule has 2 heterocycles. The zero-order chi connectivity index (χ0) is 26.4. The summed E-state index contributed by atoms with van der Waals surface area (Å²) in [7, 11) is 4.07. The van der Waals surface area contributed by atoms with Gasteiger partial charge in [-0.25, -0.2) is 4.79 Å². The number of alkyl halides is 3. The van der Waals surface area contributed by atoms with E-state index >= 15 is 0 Å². The number of carbonyl (C=O) groups excluding carboxylic acids is 1. The molecule has 0 saturated carbocycles. The molecule has 1 fully saturated rings. The van der Waals surface area contributed by atoms with Gasteiger partial charge in [0.05, 0.1) is 4.88 Å². The number of carbonyl (C=O) groups is 2. The van der Waals surface area contributed by atoms with Crippen molar-refractivity contribution in [2.24, 2.45) is 5.41 Å². The number of rotatable bonds is 6. The molecule has 194 valence electrons. The second kappa shape index (κ2) is 11.9. The Morgan fingerprint density at radius 1 is 1.14 bits per heavy atom. The highest BCUT2D eigenvalue weighted by molar-refractivity contribution is 7.12. The molecule has 10 heteroatoms. The summed E-state index contributed by atoms with van der Waals surface area (Å²) in [5.41, 5.74) is 3.79. The van der Waals surface area contributed by atoms with Gasteiger partial charge in [0.25, 0.3) is 5.91 Å². The first-order chi connectivity index (χ1) is 16.2. The molecule has 6 nitrogen and oxygen atoms in total. The largest absolute Gasteiger partial charge is 0.490 e. The standard InChI is InChI=1S/C23H33N3OS.C2HF3O2/c1-23(2,3)11-13-26-12-10-19(15-26)24-22(27)21-14-18(16-28-21)17-6-8-20(9-7-17)25(4)5;3-2(4,5)1(6)7/h6-9,14,16,19H,10-13,15H2,1-5H3,(H,24,27);(H,6,7). The lowest BCUT2D eigenvalue weighted by Gasteiger charge is -2.23. The number of amides is 1. The Kier molecular flexibility index (Phi) is 9.74. The molecule has 1 aromatic heterocycles. The van der Waals surface area contributed by atoms with Gasteiger partial charge < -0.3 is 20.2 Å². The maximum Gasteiger partial charge on any atom is 0.490 e. The van der Waals surface area contributed by atoms with E-state index in [1.807, 2.05) is 20.2 Å². The Morgan fingerprint density at radius 2 is 1.74 bits per heavy atom. The molecule has 1 aromatic carbocycles. The van der Waals surface area contributed by atoms with Crippen molar-refractivity contribution in [2.45, 2.75) is 45.8 Å². The minimum atomic E-state index is -5.08. The molecule has 0 aliphatic carbocycles. The third-order valence-corrected chi connectivity index (χ3v) is 6.50. The predicted octanol–water partition coefficient (Wildman–Crippen LogP) is 5.35. The number of hydrogen-bond acceptors (Lipinski definition) is 5. The molecule has 1 atom stereocenters. The van der Waals surface area contributed by atoms with Crippen molar-refractivity contribution in [3.05, 3.63) is 40.6 Å². The molecule has 1 amide bonds. The van der Waals surface area contributed by atoms with Crippen molar-refractivity contribution in [1.82, 2.24) is 10.2 Å². The molecule has 2 aromatic rings. The SMILES string of the molecule is CN(C)c1ccc(-c2csc(C(=O)NC3CCN(CCC(C)(C)C)C3)c2)cc1.O=C(O)C(F)(F)F. The molecule has 0 bridgehead atoms. The molecule has 0 spiro atoms. The highest BCUT2D eigenvalue weighted by atomic mass is 32.1. The van der Waals surface area contributed by atoms with E-state index in [9.17, 15) is 18.0 Å². The number of anilines is 1. The summed E-state index contributed by atoms with van der Waals surface area (Å²) in [6.45, 7) is 10.0. The number of hydrogen-bond donors (Lipinski definition) is 2. The Bertz CT molecular complexity index is 982. The van der Waals surface area contributed by atoms with Crippen LogP contribution in [0.25, 0.3) is 11.1 Å². The van der Waals surface area contributed by atoms with E-state index in [0.717, 1.165) is 42.1 Å². The molecule has 1 aliphatic heterocycles. The van der Waals surface area contributed by atoms with Crippen LogP contribution in [-0.2, 0) is 4.79 Å². The second-order valence-corrected chi connectivity index (χ2v) is 10.9. The topological polar surface area (TPSA) is 72.9 Å². The number of nitrogens with one attached hydrogen (secondary N) is 1. The fourth-order valence-electron chi connectivity index (χ4n) is 3.46. The van der Waals surface area contributed by atoms with Gasteiger partial charge in [-0.1, -0.05) is 32.9 Å². The lowest BCUT2D eigenvalue weighted by atomic mass is 9.92. The molecule has 0 radical (unpaired) electrons. The van der Waals surface area contributed by atoms with Crippen LogP contribution in [0.15, 0.2) is 35.7 Å². The summed E-state index contributed by atoms with van der Waals surface area (Å²) in [5, 5.41) is 12.4. The van der Waals surface area contributed by atoms with Gasteiger partial charge in [-0.05, 0) is 59.5 Å². The van der Waals surface area contributed by atoms with Crippen LogP contribution < -0.4 is 10.2 Å². The van der Waals surface area contributed by atoms with E-state index < -0.39 is 12.1 Å². The van der Waals surface area contributed by atoms with Crippen LogP contribution in [0.3, 0.4) is 0 Å². The van der Waals surface area contributed by atoms with E-state index in [1.165, 1.54) is 23.4 Å². The normalized spacial score (nSPS) is 16.4. The first kappa shape index (κ1) is 28.6. The molecule has 3 rings (SSSR count). The molecule has 1 unspecified atom stereocenters. The maximum absolute atomic E-state index is 12.7. The predicted molar refractivity (Wildman–Crippen MR) is 134 cm³/mol. The van der Waals surface area contributed by atoms with E-state index in [2.05, 4.69) is 65.5 Å². The number of thiophene rings is 1. The Balaban J connectivity index is 0.000000540. The highest BCUT2D eigenvalue weighted by Gasteiger charge is 2.38. The molecule has 1 saturated heterocycles. The maximum atomic E-state index is 12.7. The van der Waals surface area contributed by atoms with E-state index in [0.29, 0.717) is 5.41 Å². The van der Waals surface area contributed by atoms with Crippen molar-refractivity contribution in [3.8, 4) is 11.1 Å². The lowest BCUT2D eigenvalue weighted by molar-refractivity contribution is -0.192. The number of carboxylic acids is 1. The summed E-state index contributed by atoms with van der Waals surface area (Å²) in [4.78, 5) is 26.9. The first-order valence-corrected chi connectivity index (χ1v) is 12.2. The van der Waals surface area contributed by atoms with Gasteiger partial charge in [-0.15, -0.1) is 11.3 Å². The number of carboxylic acid groups (broad SMARTS) is 1. The zero-order valence-electron chi connectivity index (χ0n) is 20.8. The van der Waals surface area contributed by atoms with Crippen LogP contribution in [0.5, 0.6) is 0 Å². The van der Waals surface area contributed by atoms with Crippen LogP contribution in [0.1, 0.15) is 43.3 Å². The van der Waals surface area contributed by atoms with Crippen LogP contribution in [0.4, 0.5) is 18.9 Å². The quantitative estimate of drug-likeness (QED) is 0.545. The van der Waals surface area contributed by atoms with Crippen molar-refractivity contribution < 1.29 is 27.9 Å². The molecule has 1 aliphatic rings. The second-order valence-electron chi connectivity index (χ2n) is 10.0. The summed E-state index contributed by atoms with van der Waals surface area (Å²) in [6.07, 6.45) is -2.85. The minimum Gasteiger partial charge on any atom is -0.475 e. The van der Waals surface area contributed by atoms with Crippen molar-refractivity contribution >= 4 is 28.9 Å². The summed E-state index contributed by atoms with van der Waals surface area (Å²) in [5.74, 6) is -2.70. The van der Waals surface area contributed by atoms with Crippen molar-refractivity contribution in [3.63, 3.8) is 0 Å². The summed E-state index contributed by atoms with van der Waals surface area (Å²) >= 11 is 1.52. The Labute approximate surface area is 208 Å². The van der Waals surface area contributed by atoms with Crippen LogP contribution in [0.2, 0.25) is 0 Å². The first-order valence-electron chi connectivity index (χ1n) is 11.4. The van der Waals surface area contributed by atoms with Crippen LogP contribution in [0, 0.1) is 5.41 Å². The van der Waals surface area contributed by atoms with Gasteiger partial charge in [0.1, 0.15) is 0 Å². The summed E-state index contributed by atoms with van der Waals surface area (Å²) in [6, 6.07) is 10.7. The lowest BCUT2D eigenvalue weighted by Crippen LogP contribution is -2.37. The molecule has 35 heavy (non-hydrogen) atoms. The number of halogens is 3. The fraction of sp³-hybridized carbons (Fsp3) is 0.520. The zero-order valence-corrected chi connectivity index (χ0v) is 21.6. The van der Waals surface area contributed by atoms with Crippen molar-refractivity contribution in [2.75, 3.05) is 38.6 Å². The fourth-order valence-corrected chi connectivity index (χ4v) is 4.28. The molecular formula is C25H34F3N3O3S. The van der Waals surface area contributed by atoms with E-state index in [-0.39, 0.29) is 11.9 Å². The highest BCUT2D eigenvalue weighted by Crippen LogP contribution is 2.28. The Hall–Kier alpha value is -2.59. The smallest absolute Gasteiger partial charge is 0.475 e. The van der Waals surface area contributed by atoms with Gasteiger partial charge in [0.2, 0.25) is 0 Å². The van der Waals surface area contributed by atoms with Gasteiger partial charge in [-0.3, -0.25) is 4.79 Å². The van der Waals surface area contributed by atoms with Gasteiger partial charge in [-0.2, -0.15) is 13.2 Å². The number of aliphatic carboxylic acids is 1. The summed E-state index contributed by atoms with van der Waals surface area (Å²) < 4.78 is 31.7. The molecule has 2 N–H and O–H groups in total.